The van der Waals surface area contributed by atoms with E-state index in [0.717, 1.165) is 15.7 Å². The lowest BCUT2D eigenvalue weighted by atomic mass is 10.2. The van der Waals surface area contributed by atoms with Crippen LogP contribution in [-0.4, -0.2) is 20.5 Å². The average molecular weight is 417 g/mol. The first-order valence-electron chi connectivity index (χ1n) is 7.27. The third-order valence-electron chi connectivity index (χ3n) is 3.55. The maximum absolute atomic E-state index is 13.1. The second-order valence-corrected chi connectivity index (χ2v) is 6.97. The Morgan fingerprint density at radius 1 is 1.12 bits per heavy atom. The SMILES string of the molecule is O=C(Nc1nc2scc(-c3ccc(F)cc3)n2n1)c1ccc(Br)cc1. The number of thiazole rings is 1. The maximum atomic E-state index is 13.1. The Labute approximate surface area is 154 Å². The molecule has 0 radical (unpaired) electrons. The third-order valence-corrected chi connectivity index (χ3v) is 4.90. The third kappa shape index (κ3) is 3.18. The Balaban J connectivity index is 1.62. The van der Waals surface area contributed by atoms with Gasteiger partial charge in [-0.2, -0.15) is 4.98 Å². The molecule has 2 aromatic heterocycles. The van der Waals surface area contributed by atoms with Gasteiger partial charge in [0, 0.05) is 21.0 Å². The quantitative estimate of drug-likeness (QED) is 0.530. The van der Waals surface area contributed by atoms with Gasteiger partial charge in [-0.3, -0.25) is 10.1 Å². The molecule has 0 aliphatic heterocycles. The van der Waals surface area contributed by atoms with E-state index in [9.17, 15) is 9.18 Å². The van der Waals surface area contributed by atoms with Gasteiger partial charge in [0.15, 0.2) is 0 Å². The summed E-state index contributed by atoms with van der Waals surface area (Å²) >= 11 is 4.73. The van der Waals surface area contributed by atoms with E-state index in [2.05, 4.69) is 31.3 Å². The molecule has 0 atom stereocenters. The molecule has 0 unspecified atom stereocenters. The summed E-state index contributed by atoms with van der Waals surface area (Å²) in [6, 6.07) is 13.2. The maximum Gasteiger partial charge on any atom is 0.258 e. The number of nitrogens with one attached hydrogen (secondary N) is 1. The highest BCUT2D eigenvalue weighted by molar-refractivity contribution is 9.10. The molecule has 0 bridgehead atoms. The number of aromatic nitrogens is 3. The zero-order valence-electron chi connectivity index (χ0n) is 12.6. The molecule has 0 fully saturated rings. The van der Waals surface area contributed by atoms with Crippen LogP contribution in [0, 0.1) is 5.82 Å². The number of benzene rings is 2. The molecule has 25 heavy (non-hydrogen) atoms. The molecule has 2 aromatic carbocycles. The molecule has 5 nitrogen and oxygen atoms in total. The Hall–Kier alpha value is -2.58. The van der Waals surface area contributed by atoms with Crippen molar-refractivity contribution in [3.8, 4) is 11.3 Å². The fraction of sp³-hybridized carbons (Fsp3) is 0. The number of rotatable bonds is 3. The largest absolute Gasteiger partial charge is 0.289 e. The molecule has 2 heterocycles. The van der Waals surface area contributed by atoms with Crippen molar-refractivity contribution in [2.45, 2.75) is 0 Å². The van der Waals surface area contributed by atoms with Crippen molar-refractivity contribution >= 4 is 44.1 Å². The predicted molar refractivity (Wildman–Crippen MR) is 98.4 cm³/mol. The van der Waals surface area contributed by atoms with Crippen LogP contribution in [0.15, 0.2) is 58.4 Å². The van der Waals surface area contributed by atoms with E-state index in [4.69, 9.17) is 0 Å². The number of fused-ring (bicyclic) bond motifs is 1. The summed E-state index contributed by atoms with van der Waals surface area (Å²) < 4.78 is 15.6. The van der Waals surface area contributed by atoms with Crippen molar-refractivity contribution < 1.29 is 9.18 Å². The van der Waals surface area contributed by atoms with E-state index in [1.807, 2.05) is 5.38 Å². The molecule has 4 rings (SSSR count). The van der Waals surface area contributed by atoms with Gasteiger partial charge in [-0.05, 0) is 48.5 Å². The highest BCUT2D eigenvalue weighted by Gasteiger charge is 2.14. The molecule has 124 valence electrons. The summed E-state index contributed by atoms with van der Waals surface area (Å²) in [5, 5.41) is 8.92. The van der Waals surface area contributed by atoms with Gasteiger partial charge in [-0.25, -0.2) is 8.91 Å². The first-order chi connectivity index (χ1) is 12.1. The van der Waals surface area contributed by atoms with E-state index >= 15 is 0 Å². The van der Waals surface area contributed by atoms with E-state index in [1.54, 1.807) is 40.9 Å². The molecular weight excluding hydrogens is 407 g/mol. The fourth-order valence-corrected chi connectivity index (χ4v) is 3.42. The Morgan fingerprint density at radius 3 is 2.56 bits per heavy atom. The molecular formula is C17H10BrFN4OS. The predicted octanol–water partition coefficient (Wildman–Crippen LogP) is 4.61. The lowest BCUT2D eigenvalue weighted by Gasteiger charge is -2.01. The number of anilines is 1. The minimum absolute atomic E-state index is 0.225. The van der Waals surface area contributed by atoms with Crippen molar-refractivity contribution in [3.05, 3.63) is 69.8 Å². The Kier molecular flexibility index (Phi) is 4.06. The topological polar surface area (TPSA) is 59.3 Å². The summed E-state index contributed by atoms with van der Waals surface area (Å²) in [6.45, 7) is 0. The Morgan fingerprint density at radius 2 is 1.84 bits per heavy atom. The number of carbonyl (C=O) groups excluding carboxylic acids is 1. The number of hydrogen-bond donors (Lipinski definition) is 1. The lowest BCUT2D eigenvalue weighted by Crippen LogP contribution is -2.13. The van der Waals surface area contributed by atoms with Crippen molar-refractivity contribution in [1.82, 2.24) is 14.6 Å². The van der Waals surface area contributed by atoms with Crippen LogP contribution in [0.1, 0.15) is 10.4 Å². The van der Waals surface area contributed by atoms with Crippen LogP contribution in [0.5, 0.6) is 0 Å². The molecule has 0 saturated carbocycles. The molecule has 0 spiro atoms. The lowest BCUT2D eigenvalue weighted by molar-refractivity contribution is 0.102. The van der Waals surface area contributed by atoms with E-state index < -0.39 is 0 Å². The van der Waals surface area contributed by atoms with Crippen molar-refractivity contribution in [3.63, 3.8) is 0 Å². The molecule has 0 aliphatic carbocycles. The van der Waals surface area contributed by atoms with Crippen LogP contribution in [0.4, 0.5) is 10.3 Å². The highest BCUT2D eigenvalue weighted by Crippen LogP contribution is 2.26. The molecule has 0 aliphatic rings. The summed E-state index contributed by atoms with van der Waals surface area (Å²) in [5.74, 6) is -0.353. The molecule has 1 amide bonds. The highest BCUT2D eigenvalue weighted by atomic mass is 79.9. The van der Waals surface area contributed by atoms with Gasteiger partial charge in [0.2, 0.25) is 4.96 Å². The van der Waals surface area contributed by atoms with Crippen molar-refractivity contribution in [1.29, 1.82) is 0 Å². The van der Waals surface area contributed by atoms with Gasteiger partial charge in [0.25, 0.3) is 11.9 Å². The zero-order valence-corrected chi connectivity index (χ0v) is 15.0. The van der Waals surface area contributed by atoms with Gasteiger partial charge in [0.05, 0.1) is 5.69 Å². The number of nitrogens with zero attached hydrogens (tertiary/aromatic N) is 3. The van der Waals surface area contributed by atoms with Crippen LogP contribution >= 0.6 is 27.3 Å². The normalized spacial score (nSPS) is 11.0. The standard InChI is InChI=1S/C17H10BrFN4OS/c18-12-5-1-11(2-6-12)15(24)20-16-21-17-23(22-16)14(9-25-17)10-3-7-13(19)8-4-10/h1-9H,(H,20,22,24). The van der Waals surface area contributed by atoms with Crippen LogP contribution in [0.2, 0.25) is 0 Å². The van der Waals surface area contributed by atoms with E-state index in [-0.39, 0.29) is 17.7 Å². The minimum atomic E-state index is -0.295. The van der Waals surface area contributed by atoms with Crippen LogP contribution in [0.25, 0.3) is 16.2 Å². The first kappa shape index (κ1) is 15.9. The second kappa shape index (κ2) is 6.38. The number of carbonyl (C=O) groups is 1. The zero-order chi connectivity index (χ0) is 17.4. The fourth-order valence-electron chi connectivity index (χ4n) is 2.33. The second-order valence-electron chi connectivity index (χ2n) is 5.22. The molecule has 0 saturated heterocycles. The van der Waals surface area contributed by atoms with Gasteiger partial charge in [-0.15, -0.1) is 16.4 Å². The summed E-state index contributed by atoms with van der Waals surface area (Å²) in [7, 11) is 0. The van der Waals surface area contributed by atoms with E-state index in [0.29, 0.717) is 10.5 Å². The average Bonchev–Trinajstić information content (AvgIpc) is 3.16. The van der Waals surface area contributed by atoms with Gasteiger partial charge in [0.1, 0.15) is 5.82 Å². The van der Waals surface area contributed by atoms with Gasteiger partial charge >= 0.3 is 0 Å². The van der Waals surface area contributed by atoms with Crippen LogP contribution in [-0.2, 0) is 0 Å². The minimum Gasteiger partial charge on any atom is -0.289 e. The molecule has 4 aromatic rings. The summed E-state index contributed by atoms with van der Waals surface area (Å²) in [4.78, 5) is 17.2. The van der Waals surface area contributed by atoms with E-state index in [1.165, 1.54) is 23.5 Å². The summed E-state index contributed by atoms with van der Waals surface area (Å²) in [6.07, 6.45) is 0. The Bertz CT molecular complexity index is 1060. The smallest absolute Gasteiger partial charge is 0.258 e. The number of amides is 1. The van der Waals surface area contributed by atoms with Crippen molar-refractivity contribution in [2.75, 3.05) is 5.32 Å². The number of halogens is 2. The van der Waals surface area contributed by atoms with Gasteiger partial charge < -0.3 is 0 Å². The summed E-state index contributed by atoms with van der Waals surface area (Å²) in [5.41, 5.74) is 2.13. The van der Waals surface area contributed by atoms with Crippen LogP contribution in [0.3, 0.4) is 0 Å². The van der Waals surface area contributed by atoms with Crippen molar-refractivity contribution in [2.24, 2.45) is 0 Å². The monoisotopic (exact) mass is 416 g/mol. The molecule has 1 N–H and O–H groups in total. The molecule has 8 heteroatoms. The first-order valence-corrected chi connectivity index (χ1v) is 8.94. The number of hydrogen-bond acceptors (Lipinski definition) is 4. The van der Waals surface area contributed by atoms with Crippen LogP contribution < -0.4 is 5.32 Å². The van der Waals surface area contributed by atoms with Gasteiger partial charge in [-0.1, -0.05) is 15.9 Å².